The molecule has 0 nitrogen and oxygen atoms in total. The Balaban J connectivity index is 1.47. The Morgan fingerprint density at radius 3 is 2.06 bits per heavy atom. The first-order chi connectivity index (χ1) is 17.1. The molecule has 1 saturated carbocycles. The van der Waals surface area contributed by atoms with Crippen LogP contribution in [0.15, 0.2) is 72.8 Å². The third-order valence-electron chi connectivity index (χ3n) is 8.73. The van der Waals surface area contributed by atoms with Crippen LogP contribution in [-0.4, -0.2) is 0 Å². The summed E-state index contributed by atoms with van der Waals surface area (Å²) < 4.78 is 14.5. The number of aryl methyl sites for hydroxylation is 2. The van der Waals surface area contributed by atoms with Gasteiger partial charge in [0, 0.05) is 11.3 Å². The quantitative estimate of drug-likeness (QED) is 0.225. The van der Waals surface area contributed by atoms with Crippen LogP contribution in [0.1, 0.15) is 101 Å². The summed E-state index contributed by atoms with van der Waals surface area (Å²) in [5, 5.41) is 0. The Kier molecular flexibility index (Phi) is 9.41. The monoisotopic (exact) mass is 472 g/mol. The molecule has 0 amide bonds. The normalized spacial score (nSPS) is 26.2. The van der Waals surface area contributed by atoms with Gasteiger partial charge in [-0.15, -0.1) is 0 Å². The van der Waals surface area contributed by atoms with Crippen molar-refractivity contribution in [2.24, 2.45) is 17.3 Å². The lowest BCUT2D eigenvalue weighted by molar-refractivity contribution is 0.166. The number of hydrogen-bond acceptors (Lipinski definition) is 0. The molecule has 0 bridgehead atoms. The molecule has 2 aliphatic rings. The predicted octanol–water partition coefficient (Wildman–Crippen LogP) is 9.99. The van der Waals surface area contributed by atoms with Crippen molar-refractivity contribution < 1.29 is 4.39 Å². The fourth-order valence-corrected chi connectivity index (χ4v) is 6.49. The maximum absolute atomic E-state index is 14.5. The maximum atomic E-state index is 14.5. The van der Waals surface area contributed by atoms with E-state index in [9.17, 15) is 4.39 Å². The molecule has 1 fully saturated rings. The van der Waals surface area contributed by atoms with Gasteiger partial charge in [0.25, 0.3) is 0 Å². The summed E-state index contributed by atoms with van der Waals surface area (Å²) in [4.78, 5) is 0. The highest BCUT2D eigenvalue weighted by Crippen LogP contribution is 2.48. The number of allylic oxidation sites excluding steroid dienone is 4. The van der Waals surface area contributed by atoms with Crippen LogP contribution in [0.3, 0.4) is 0 Å². The fraction of sp³-hybridized carbons (Fsp3) is 0.529. The predicted molar refractivity (Wildman–Crippen MR) is 148 cm³/mol. The zero-order valence-electron chi connectivity index (χ0n) is 22.0. The van der Waals surface area contributed by atoms with Crippen molar-refractivity contribution >= 4 is 0 Å². The molecule has 0 saturated heterocycles. The van der Waals surface area contributed by atoms with E-state index in [0.717, 1.165) is 24.3 Å². The number of benzene rings is 2. The topological polar surface area (TPSA) is 0 Å². The molecule has 0 radical (unpaired) electrons. The average Bonchev–Trinajstić information content (AvgIpc) is 2.90. The maximum Gasteiger partial charge on any atom is 0.127 e. The minimum Gasteiger partial charge on any atom is -0.207 e. The molecular formula is C34H45F. The van der Waals surface area contributed by atoms with Crippen molar-refractivity contribution in [3.05, 3.63) is 95.3 Å². The Morgan fingerprint density at radius 2 is 1.43 bits per heavy atom. The van der Waals surface area contributed by atoms with Gasteiger partial charge in [-0.1, -0.05) is 119 Å². The summed E-state index contributed by atoms with van der Waals surface area (Å²) in [5.41, 5.74) is 3.80. The summed E-state index contributed by atoms with van der Waals surface area (Å²) >= 11 is 0. The van der Waals surface area contributed by atoms with E-state index in [-0.39, 0.29) is 17.2 Å². The third kappa shape index (κ3) is 6.75. The Hall–Kier alpha value is -2.15. The van der Waals surface area contributed by atoms with E-state index in [1.165, 1.54) is 75.3 Å². The van der Waals surface area contributed by atoms with Gasteiger partial charge < -0.3 is 0 Å². The Bertz CT molecular complexity index is 944. The molecule has 188 valence electrons. The van der Waals surface area contributed by atoms with E-state index < -0.39 is 0 Å². The fourth-order valence-electron chi connectivity index (χ4n) is 6.49. The van der Waals surface area contributed by atoms with E-state index in [0.29, 0.717) is 5.92 Å². The highest BCUT2D eigenvalue weighted by Gasteiger charge is 2.38. The Labute approximate surface area is 213 Å². The minimum atomic E-state index is -0.0987. The van der Waals surface area contributed by atoms with Gasteiger partial charge in [0.2, 0.25) is 0 Å². The molecular weight excluding hydrogens is 427 g/mol. The van der Waals surface area contributed by atoms with Crippen molar-refractivity contribution in [1.29, 1.82) is 0 Å². The SMILES string of the molecule is CCCCCc1ccc(CCC2([C@H]3CC[C@H](CCC)CC3)C=CC(c3ccccc3F)C=C2)cc1. The van der Waals surface area contributed by atoms with Gasteiger partial charge in [0.15, 0.2) is 0 Å². The first kappa shape index (κ1) is 25.9. The van der Waals surface area contributed by atoms with Crippen LogP contribution < -0.4 is 0 Å². The minimum absolute atomic E-state index is 0.0446. The van der Waals surface area contributed by atoms with Crippen LogP contribution in [0.25, 0.3) is 0 Å². The smallest absolute Gasteiger partial charge is 0.127 e. The molecule has 35 heavy (non-hydrogen) atoms. The molecule has 0 atom stereocenters. The molecule has 0 aromatic heterocycles. The second kappa shape index (κ2) is 12.7. The van der Waals surface area contributed by atoms with Crippen LogP contribution >= 0.6 is 0 Å². The van der Waals surface area contributed by atoms with E-state index >= 15 is 0 Å². The highest BCUT2D eigenvalue weighted by atomic mass is 19.1. The molecule has 4 rings (SSSR count). The molecule has 2 aliphatic carbocycles. The highest BCUT2D eigenvalue weighted by molar-refractivity contribution is 5.36. The van der Waals surface area contributed by atoms with E-state index in [2.05, 4.69) is 62.4 Å². The number of rotatable bonds is 11. The van der Waals surface area contributed by atoms with Crippen LogP contribution in [0, 0.1) is 23.1 Å². The van der Waals surface area contributed by atoms with Crippen molar-refractivity contribution in [2.45, 2.75) is 96.8 Å². The molecule has 2 aromatic carbocycles. The van der Waals surface area contributed by atoms with Crippen molar-refractivity contribution in [2.75, 3.05) is 0 Å². The van der Waals surface area contributed by atoms with Crippen molar-refractivity contribution in [1.82, 2.24) is 0 Å². The second-order valence-electron chi connectivity index (χ2n) is 11.2. The summed E-state index contributed by atoms with van der Waals surface area (Å²) in [6.45, 7) is 4.58. The van der Waals surface area contributed by atoms with Crippen LogP contribution in [0.5, 0.6) is 0 Å². The first-order valence-corrected chi connectivity index (χ1v) is 14.3. The summed E-state index contributed by atoms with van der Waals surface area (Å²) in [7, 11) is 0. The summed E-state index contributed by atoms with van der Waals surface area (Å²) in [6.07, 6.45) is 24.9. The lowest BCUT2D eigenvalue weighted by Gasteiger charge is -2.42. The lowest BCUT2D eigenvalue weighted by atomic mass is 9.62. The molecule has 0 aliphatic heterocycles. The molecule has 1 heteroatoms. The first-order valence-electron chi connectivity index (χ1n) is 14.3. The van der Waals surface area contributed by atoms with Crippen molar-refractivity contribution in [3.63, 3.8) is 0 Å². The van der Waals surface area contributed by atoms with Crippen LogP contribution in [0.2, 0.25) is 0 Å². The number of hydrogen-bond donors (Lipinski definition) is 0. The van der Waals surface area contributed by atoms with E-state index in [1.807, 2.05) is 12.1 Å². The Morgan fingerprint density at radius 1 is 0.771 bits per heavy atom. The van der Waals surface area contributed by atoms with Crippen LogP contribution in [-0.2, 0) is 12.8 Å². The van der Waals surface area contributed by atoms with Gasteiger partial charge >= 0.3 is 0 Å². The second-order valence-corrected chi connectivity index (χ2v) is 11.2. The van der Waals surface area contributed by atoms with E-state index in [1.54, 1.807) is 12.1 Å². The number of unbranched alkanes of at least 4 members (excludes halogenated alkanes) is 2. The molecule has 2 aromatic rings. The largest absolute Gasteiger partial charge is 0.207 e. The zero-order chi connectivity index (χ0) is 24.5. The summed E-state index contributed by atoms with van der Waals surface area (Å²) in [6, 6.07) is 16.6. The zero-order valence-corrected chi connectivity index (χ0v) is 22.0. The van der Waals surface area contributed by atoms with Gasteiger partial charge in [0.1, 0.15) is 5.82 Å². The van der Waals surface area contributed by atoms with Gasteiger partial charge in [-0.05, 0) is 73.1 Å². The lowest BCUT2D eigenvalue weighted by Crippen LogP contribution is -2.32. The third-order valence-corrected chi connectivity index (χ3v) is 8.73. The van der Waals surface area contributed by atoms with Crippen LogP contribution in [0.4, 0.5) is 4.39 Å². The average molecular weight is 473 g/mol. The van der Waals surface area contributed by atoms with Gasteiger partial charge in [-0.25, -0.2) is 4.39 Å². The van der Waals surface area contributed by atoms with Gasteiger partial charge in [-0.3, -0.25) is 0 Å². The molecule has 0 unspecified atom stereocenters. The van der Waals surface area contributed by atoms with E-state index in [4.69, 9.17) is 0 Å². The standard InChI is InChI=1S/C34H45F/c1-3-5-6-10-28-13-15-29(16-14-28)21-24-34(31-19-17-27(9-4-2)18-20-31)25-22-30(23-26-34)32-11-7-8-12-33(32)35/h7-8,11-16,22-23,25-27,30-31H,3-6,9-10,17-21,24H2,1-2H3/t27-,30?,31-,34?. The van der Waals surface area contributed by atoms with Gasteiger partial charge in [-0.2, -0.15) is 0 Å². The molecule has 0 heterocycles. The molecule has 0 spiro atoms. The van der Waals surface area contributed by atoms with Gasteiger partial charge in [0.05, 0.1) is 0 Å². The number of halogens is 1. The molecule has 0 N–H and O–H groups in total. The summed E-state index contributed by atoms with van der Waals surface area (Å²) in [5.74, 6) is 1.55. The van der Waals surface area contributed by atoms with Crippen molar-refractivity contribution in [3.8, 4) is 0 Å².